The maximum Gasteiger partial charge on any atom is 0.275 e. The van der Waals surface area contributed by atoms with Crippen LogP contribution in [-0.4, -0.2) is 29.3 Å². The summed E-state index contributed by atoms with van der Waals surface area (Å²) in [6, 6.07) is 17.9. The fourth-order valence-electron chi connectivity index (χ4n) is 4.09. The van der Waals surface area contributed by atoms with Crippen molar-refractivity contribution in [3.63, 3.8) is 0 Å². The van der Waals surface area contributed by atoms with Crippen LogP contribution in [0.25, 0.3) is 0 Å². The number of hydrogen-bond donors (Lipinski definition) is 3. The average molecular weight is 504 g/mol. The fraction of sp³-hybridized carbons (Fsp3) is 0.222. The molecule has 0 aliphatic carbocycles. The van der Waals surface area contributed by atoms with Crippen molar-refractivity contribution in [2.45, 2.75) is 32.0 Å². The highest BCUT2D eigenvalue weighted by molar-refractivity contribution is 5.94. The first-order valence-electron chi connectivity index (χ1n) is 11.6. The van der Waals surface area contributed by atoms with Crippen LogP contribution in [0.2, 0.25) is 0 Å². The topological polar surface area (TPSA) is 125 Å². The summed E-state index contributed by atoms with van der Waals surface area (Å²) in [5, 5.41) is 13.4. The number of aromatic amines is 1. The number of alkyl halides is 1. The van der Waals surface area contributed by atoms with Gasteiger partial charge in [0.1, 0.15) is 5.75 Å². The Morgan fingerprint density at radius 2 is 1.70 bits per heavy atom. The molecule has 0 radical (unpaired) electrons. The number of aromatic nitrogens is 1. The van der Waals surface area contributed by atoms with Gasteiger partial charge in [0, 0.05) is 49.2 Å². The number of halogens is 1. The molecule has 4 rings (SSSR count). The van der Waals surface area contributed by atoms with Gasteiger partial charge in [-0.25, -0.2) is 4.39 Å². The third kappa shape index (κ3) is 5.97. The zero-order valence-electron chi connectivity index (χ0n) is 20.2. The number of carbonyl (C=O) groups is 2. The lowest BCUT2D eigenvalue weighted by atomic mass is 9.92. The number of nitrogens with one attached hydrogen (secondary N) is 3. The van der Waals surface area contributed by atoms with Gasteiger partial charge < -0.3 is 20.4 Å². The third-order valence-electron chi connectivity index (χ3n) is 5.91. The second kappa shape index (κ2) is 11.4. The van der Waals surface area contributed by atoms with Crippen molar-refractivity contribution in [2.75, 3.05) is 6.86 Å². The predicted molar refractivity (Wildman–Crippen MR) is 134 cm³/mol. The summed E-state index contributed by atoms with van der Waals surface area (Å²) in [7, 11) is 0. The normalized spacial score (nSPS) is 16.2. The van der Waals surface area contributed by atoms with Gasteiger partial charge in [0.15, 0.2) is 0 Å². The first-order valence-corrected chi connectivity index (χ1v) is 11.6. The Kier molecular flexibility index (Phi) is 7.87. The minimum atomic E-state index is -1.71. The largest absolute Gasteiger partial charge is 0.463 e. The Labute approximate surface area is 212 Å². The van der Waals surface area contributed by atoms with Gasteiger partial charge in [0.05, 0.1) is 6.20 Å². The molecule has 1 aliphatic rings. The number of H-pyrrole nitrogens is 1. The monoisotopic (exact) mass is 503 g/mol. The fourth-order valence-corrected chi connectivity index (χ4v) is 4.09. The van der Waals surface area contributed by atoms with E-state index in [1.165, 1.54) is 13.1 Å². The van der Waals surface area contributed by atoms with Crippen molar-refractivity contribution in [1.82, 2.24) is 15.6 Å². The number of amides is 2. The Balaban J connectivity index is 1.49. The summed E-state index contributed by atoms with van der Waals surface area (Å²) in [6.07, 6.45) is 3.84. The molecule has 1 atom stereocenters. The van der Waals surface area contributed by atoms with Gasteiger partial charge in [-0.1, -0.05) is 48.5 Å². The maximum atomic E-state index is 13.4. The molecular weight excluding hydrogens is 477 g/mol. The quantitative estimate of drug-likeness (QED) is 0.393. The lowest BCUT2D eigenvalue weighted by Crippen LogP contribution is -2.57. The second-order valence-electron chi connectivity index (χ2n) is 8.50. The summed E-state index contributed by atoms with van der Waals surface area (Å²) in [4.78, 5) is 40.0. The first kappa shape index (κ1) is 25.5. The van der Waals surface area contributed by atoms with Crippen LogP contribution < -0.4 is 20.9 Å². The van der Waals surface area contributed by atoms with Gasteiger partial charge in [0.2, 0.25) is 12.8 Å². The summed E-state index contributed by atoms with van der Waals surface area (Å²) in [6.45, 7) is 0.333. The average Bonchev–Trinajstić information content (AvgIpc) is 3.28. The van der Waals surface area contributed by atoms with E-state index in [9.17, 15) is 18.8 Å². The predicted octanol–water partition coefficient (Wildman–Crippen LogP) is 3.31. The molecule has 0 spiro atoms. The Morgan fingerprint density at radius 3 is 2.41 bits per heavy atom. The molecule has 9 nitrogen and oxygen atoms in total. The van der Waals surface area contributed by atoms with E-state index in [-0.39, 0.29) is 12.1 Å². The van der Waals surface area contributed by atoms with Gasteiger partial charge in [-0.3, -0.25) is 14.4 Å². The highest BCUT2D eigenvalue weighted by Gasteiger charge is 2.46. The van der Waals surface area contributed by atoms with Gasteiger partial charge >= 0.3 is 0 Å². The van der Waals surface area contributed by atoms with Gasteiger partial charge in [-0.05, 0) is 23.3 Å². The van der Waals surface area contributed by atoms with Crippen LogP contribution in [0.5, 0.6) is 5.75 Å². The Hall–Kier alpha value is -4.60. The molecule has 190 valence electrons. The molecule has 3 aromatic rings. The molecule has 2 aromatic carbocycles. The summed E-state index contributed by atoms with van der Waals surface area (Å²) in [5.41, 5.74) is 1.70. The molecule has 2 amide bonds. The van der Waals surface area contributed by atoms with Crippen LogP contribution in [-0.2, 0) is 29.0 Å². The maximum absolute atomic E-state index is 13.4. The van der Waals surface area contributed by atoms with Crippen LogP contribution in [0.4, 0.5) is 4.39 Å². The van der Waals surface area contributed by atoms with Crippen molar-refractivity contribution >= 4 is 11.8 Å². The van der Waals surface area contributed by atoms with E-state index in [0.29, 0.717) is 35.3 Å². The minimum Gasteiger partial charge on any atom is -0.463 e. The molecule has 3 N–H and O–H groups in total. The van der Waals surface area contributed by atoms with Crippen molar-refractivity contribution in [1.29, 1.82) is 0 Å². The standard InChI is InChI=1S/C27H26FN5O4/c1-18(34)32-27(26(36)30-15-22-5-2-3-7-24(22)37-17-28)23(16-31-33-27)14-20-10-8-19(9-11-20)13-21-6-4-12-29-25(21)35/h2-12,16H,13-15,17H2,1H3,(H,29,35)(H,30,36)(H,32,34). The molecule has 10 heteroatoms. The summed E-state index contributed by atoms with van der Waals surface area (Å²) in [5.74, 6) is -0.725. The SMILES string of the molecule is CC(=O)NC1(C(=O)NCc2ccccc2OCF)N=NC=C1Cc1ccc(Cc2ccc[nH]c2=O)cc1. The molecule has 0 saturated heterocycles. The number of nitrogens with zero attached hydrogens (tertiary/aromatic N) is 2. The van der Waals surface area contributed by atoms with E-state index < -0.39 is 24.3 Å². The van der Waals surface area contributed by atoms with Gasteiger partial charge in [0.25, 0.3) is 17.1 Å². The zero-order valence-corrected chi connectivity index (χ0v) is 20.2. The number of carbonyl (C=O) groups excluding carboxylic acids is 2. The molecule has 1 unspecified atom stereocenters. The van der Waals surface area contributed by atoms with Crippen LogP contribution in [0, 0.1) is 0 Å². The lowest BCUT2D eigenvalue weighted by Gasteiger charge is -2.28. The lowest BCUT2D eigenvalue weighted by molar-refractivity contribution is -0.131. The van der Waals surface area contributed by atoms with E-state index in [0.717, 1.165) is 11.1 Å². The highest BCUT2D eigenvalue weighted by atomic mass is 19.1. The van der Waals surface area contributed by atoms with Gasteiger partial charge in [-0.15, -0.1) is 5.11 Å². The highest BCUT2D eigenvalue weighted by Crippen LogP contribution is 2.30. The second-order valence-corrected chi connectivity index (χ2v) is 8.50. The number of ether oxygens (including phenoxy) is 1. The number of hydrogen-bond acceptors (Lipinski definition) is 6. The molecule has 0 fully saturated rings. The smallest absolute Gasteiger partial charge is 0.275 e. The number of para-hydroxylation sites is 1. The summed E-state index contributed by atoms with van der Waals surface area (Å²) < 4.78 is 17.7. The number of benzene rings is 2. The van der Waals surface area contributed by atoms with Crippen molar-refractivity contribution in [3.8, 4) is 5.75 Å². The molecule has 37 heavy (non-hydrogen) atoms. The summed E-state index contributed by atoms with van der Waals surface area (Å²) >= 11 is 0. The van der Waals surface area contributed by atoms with E-state index in [1.54, 1.807) is 42.6 Å². The van der Waals surface area contributed by atoms with Crippen LogP contribution >= 0.6 is 0 Å². The van der Waals surface area contributed by atoms with Crippen molar-refractivity contribution in [2.24, 2.45) is 10.2 Å². The van der Waals surface area contributed by atoms with Crippen LogP contribution in [0.1, 0.15) is 29.2 Å². The number of rotatable bonds is 10. The molecule has 1 aliphatic heterocycles. The van der Waals surface area contributed by atoms with E-state index >= 15 is 0 Å². The van der Waals surface area contributed by atoms with Crippen molar-refractivity contribution < 1.29 is 18.7 Å². The first-order chi connectivity index (χ1) is 17.9. The molecule has 0 bridgehead atoms. The van der Waals surface area contributed by atoms with E-state index in [4.69, 9.17) is 4.74 Å². The Morgan fingerprint density at radius 1 is 1.00 bits per heavy atom. The van der Waals surface area contributed by atoms with Crippen LogP contribution in [0.15, 0.2) is 93.7 Å². The third-order valence-corrected chi connectivity index (χ3v) is 5.91. The number of azo groups is 1. The molecule has 2 heterocycles. The van der Waals surface area contributed by atoms with Crippen molar-refractivity contribution in [3.05, 3.63) is 111 Å². The number of pyridine rings is 1. The van der Waals surface area contributed by atoms with E-state index in [2.05, 4.69) is 25.8 Å². The molecule has 0 saturated carbocycles. The van der Waals surface area contributed by atoms with Crippen LogP contribution in [0.3, 0.4) is 0 Å². The minimum absolute atomic E-state index is 0.0342. The van der Waals surface area contributed by atoms with E-state index in [1.807, 2.05) is 24.3 Å². The molecular formula is C27H26FN5O4. The molecule has 1 aromatic heterocycles. The van der Waals surface area contributed by atoms with Gasteiger partial charge in [-0.2, -0.15) is 5.11 Å². The zero-order chi connectivity index (χ0) is 26.3. The Bertz CT molecular complexity index is 1400.